The van der Waals surface area contributed by atoms with Crippen LogP contribution in [-0.2, 0) is 25.7 Å². The predicted octanol–water partition coefficient (Wildman–Crippen LogP) is 9.06. The number of ether oxygens (including phenoxy) is 2. The van der Waals surface area contributed by atoms with Crippen LogP contribution < -0.4 is 0 Å². The number of non-ortho nitro benzene ring substituents is 2. The number of esters is 2. The maximum absolute atomic E-state index is 12.7. The standard InChI is InChI=1S/C38H52N2O8/c1-24(2)7-6-8-25(3)32-11-12-33-31-10-9-27-21-30(15-17-37(27,4)34(31)16-18-38(32,33)5)48-36(42)14-13-35(41)47-23-26-19-28(39(43)44)22-29(20-26)40(45)46/h9,13-14,19-20,22,24-25,30-34H,6-8,10-12,15-18,21,23H2,1-5H3/b14-13-. The first-order chi connectivity index (χ1) is 22.7. The van der Waals surface area contributed by atoms with Crippen molar-refractivity contribution in [3.63, 3.8) is 0 Å². The van der Waals surface area contributed by atoms with E-state index in [1.807, 2.05) is 0 Å². The molecule has 0 aromatic heterocycles. The maximum atomic E-state index is 12.7. The first kappa shape index (κ1) is 35.7. The average molecular weight is 665 g/mol. The van der Waals surface area contributed by atoms with E-state index in [1.54, 1.807) is 0 Å². The Morgan fingerprint density at radius 3 is 2.27 bits per heavy atom. The van der Waals surface area contributed by atoms with E-state index >= 15 is 0 Å². The molecule has 0 radical (unpaired) electrons. The summed E-state index contributed by atoms with van der Waals surface area (Å²) >= 11 is 0. The van der Waals surface area contributed by atoms with E-state index < -0.39 is 39.8 Å². The minimum atomic E-state index is -0.859. The zero-order chi connectivity index (χ0) is 34.8. The fourth-order valence-corrected chi connectivity index (χ4v) is 10.2. The van der Waals surface area contributed by atoms with Gasteiger partial charge in [-0.25, -0.2) is 9.59 Å². The summed E-state index contributed by atoms with van der Waals surface area (Å²) in [5.74, 6) is 3.09. The van der Waals surface area contributed by atoms with Crippen LogP contribution in [0.2, 0.25) is 0 Å². The summed E-state index contributed by atoms with van der Waals surface area (Å²) in [6, 6.07) is 3.04. The Bertz CT molecular complexity index is 1440. The van der Waals surface area contributed by atoms with Crippen molar-refractivity contribution < 1.29 is 28.9 Å². The average Bonchev–Trinajstić information content (AvgIpc) is 3.40. The van der Waals surface area contributed by atoms with E-state index in [2.05, 4.69) is 40.7 Å². The molecule has 0 heterocycles. The van der Waals surface area contributed by atoms with Crippen LogP contribution in [-0.4, -0.2) is 27.9 Å². The van der Waals surface area contributed by atoms with Crippen molar-refractivity contribution in [3.8, 4) is 0 Å². The Hall–Kier alpha value is -3.56. The fraction of sp³-hybridized carbons (Fsp3) is 0.684. The highest BCUT2D eigenvalue weighted by Gasteiger charge is 2.59. The van der Waals surface area contributed by atoms with Crippen LogP contribution in [0.1, 0.15) is 111 Å². The highest BCUT2D eigenvalue weighted by Crippen LogP contribution is 2.67. The summed E-state index contributed by atoms with van der Waals surface area (Å²) in [4.78, 5) is 45.6. The molecular weight excluding hydrogens is 612 g/mol. The van der Waals surface area contributed by atoms with Crippen LogP contribution >= 0.6 is 0 Å². The van der Waals surface area contributed by atoms with Gasteiger partial charge in [0.25, 0.3) is 11.4 Å². The largest absolute Gasteiger partial charge is 0.459 e. The number of hydrogen-bond acceptors (Lipinski definition) is 8. The van der Waals surface area contributed by atoms with Crippen LogP contribution in [0, 0.1) is 66.6 Å². The van der Waals surface area contributed by atoms with Gasteiger partial charge in [0.05, 0.1) is 15.9 Å². The number of rotatable bonds is 12. The van der Waals surface area contributed by atoms with Gasteiger partial charge in [-0.1, -0.05) is 65.5 Å². The second kappa shape index (κ2) is 14.5. The van der Waals surface area contributed by atoms with Crippen LogP contribution in [0.5, 0.6) is 0 Å². The number of nitrogens with zero attached hydrogens (tertiary/aromatic N) is 2. The summed E-state index contributed by atoms with van der Waals surface area (Å²) in [6.45, 7) is 11.8. The molecule has 1 aromatic rings. The number of fused-ring (bicyclic) bond motifs is 5. The van der Waals surface area contributed by atoms with Crippen LogP contribution in [0.3, 0.4) is 0 Å². The molecule has 4 aliphatic rings. The SMILES string of the molecule is CC(C)CCCC(C)C1CCC2C3CC=C4CC(OC(=O)/C=C\C(=O)OCc5cc([N+](=O)[O-])cc([N+](=O)[O-])c5)CCC4(C)C3CCC12C. The summed E-state index contributed by atoms with van der Waals surface area (Å²) in [7, 11) is 0. The third-order valence-corrected chi connectivity index (χ3v) is 12.7. The van der Waals surface area contributed by atoms with Gasteiger partial charge in [-0.15, -0.1) is 0 Å². The van der Waals surface area contributed by atoms with E-state index in [4.69, 9.17) is 9.47 Å². The van der Waals surface area contributed by atoms with E-state index in [0.29, 0.717) is 17.8 Å². The molecule has 4 aliphatic carbocycles. The summed E-state index contributed by atoms with van der Waals surface area (Å²) in [5.41, 5.74) is 1.13. The summed E-state index contributed by atoms with van der Waals surface area (Å²) < 4.78 is 10.8. The van der Waals surface area contributed by atoms with Gasteiger partial charge in [-0.3, -0.25) is 20.2 Å². The minimum Gasteiger partial charge on any atom is -0.459 e. The van der Waals surface area contributed by atoms with E-state index in [0.717, 1.165) is 79.2 Å². The lowest BCUT2D eigenvalue weighted by molar-refractivity contribution is -0.394. The lowest BCUT2D eigenvalue weighted by Gasteiger charge is -2.58. The number of carbonyl (C=O) groups is 2. The fourth-order valence-electron chi connectivity index (χ4n) is 10.2. The molecule has 3 fully saturated rings. The molecule has 10 heteroatoms. The van der Waals surface area contributed by atoms with Gasteiger partial charge in [-0.2, -0.15) is 0 Å². The van der Waals surface area contributed by atoms with Crippen LogP contribution in [0.4, 0.5) is 11.4 Å². The number of nitro groups is 2. The molecule has 1 aromatic carbocycles. The van der Waals surface area contributed by atoms with Crippen molar-refractivity contribution in [3.05, 3.63) is 67.8 Å². The van der Waals surface area contributed by atoms with Crippen molar-refractivity contribution in [1.29, 1.82) is 0 Å². The smallest absolute Gasteiger partial charge is 0.331 e. The third-order valence-electron chi connectivity index (χ3n) is 12.7. The molecule has 0 bridgehead atoms. The first-order valence-electron chi connectivity index (χ1n) is 17.9. The van der Waals surface area contributed by atoms with Crippen molar-refractivity contribution >= 4 is 23.3 Å². The Morgan fingerprint density at radius 2 is 1.60 bits per heavy atom. The number of benzene rings is 1. The summed E-state index contributed by atoms with van der Waals surface area (Å²) in [6.07, 6.45) is 17.1. The lowest BCUT2D eigenvalue weighted by atomic mass is 9.47. The normalized spacial score (nSPS) is 31.7. The third kappa shape index (κ3) is 7.52. The second-order valence-corrected chi connectivity index (χ2v) is 15.9. The first-order valence-corrected chi connectivity index (χ1v) is 17.9. The highest BCUT2D eigenvalue weighted by atomic mass is 16.6. The van der Waals surface area contributed by atoms with Gasteiger partial charge in [0.1, 0.15) is 12.7 Å². The zero-order valence-electron chi connectivity index (χ0n) is 29.2. The monoisotopic (exact) mass is 664 g/mol. The number of hydrogen-bond donors (Lipinski definition) is 0. The van der Waals surface area contributed by atoms with Crippen LogP contribution in [0.15, 0.2) is 42.0 Å². The maximum Gasteiger partial charge on any atom is 0.331 e. The zero-order valence-corrected chi connectivity index (χ0v) is 29.2. The second-order valence-electron chi connectivity index (χ2n) is 15.9. The van der Waals surface area contributed by atoms with E-state index in [1.165, 1.54) is 50.5 Å². The molecule has 0 aliphatic heterocycles. The molecular formula is C38H52N2O8. The van der Waals surface area contributed by atoms with Gasteiger partial charge in [-0.05, 0) is 91.3 Å². The molecule has 0 saturated heterocycles. The Morgan fingerprint density at radius 1 is 0.917 bits per heavy atom. The number of allylic oxidation sites excluding steroid dienone is 1. The number of carbonyl (C=O) groups excluding carboxylic acids is 2. The summed E-state index contributed by atoms with van der Waals surface area (Å²) in [5, 5.41) is 22.2. The highest BCUT2D eigenvalue weighted by molar-refractivity contribution is 5.91. The Labute approximate surface area is 284 Å². The molecule has 5 rings (SSSR count). The molecule has 262 valence electrons. The molecule has 10 nitrogen and oxygen atoms in total. The molecule has 0 spiro atoms. The van der Waals surface area contributed by atoms with Gasteiger partial charge >= 0.3 is 11.9 Å². The molecule has 3 saturated carbocycles. The van der Waals surface area contributed by atoms with Gasteiger partial charge in [0.15, 0.2) is 0 Å². The topological polar surface area (TPSA) is 139 Å². The number of nitro benzene ring substituents is 2. The quantitative estimate of drug-likeness (QED) is 0.0709. The van der Waals surface area contributed by atoms with Crippen LogP contribution in [0.25, 0.3) is 0 Å². The van der Waals surface area contributed by atoms with Crippen molar-refractivity contribution in [2.45, 2.75) is 118 Å². The van der Waals surface area contributed by atoms with Gasteiger partial charge in [0.2, 0.25) is 0 Å². The molecule has 0 amide bonds. The predicted molar refractivity (Wildman–Crippen MR) is 182 cm³/mol. The minimum absolute atomic E-state index is 0.0930. The molecule has 0 N–H and O–H groups in total. The Balaban J connectivity index is 1.14. The lowest BCUT2D eigenvalue weighted by Crippen LogP contribution is -2.51. The van der Waals surface area contributed by atoms with Crippen molar-refractivity contribution in [2.75, 3.05) is 0 Å². The molecule has 48 heavy (non-hydrogen) atoms. The van der Waals surface area contributed by atoms with Gasteiger partial charge < -0.3 is 9.47 Å². The Kier molecular flexibility index (Phi) is 10.8. The van der Waals surface area contributed by atoms with E-state index in [9.17, 15) is 29.8 Å². The molecule has 8 unspecified atom stereocenters. The van der Waals surface area contributed by atoms with Crippen molar-refractivity contribution in [2.24, 2.45) is 46.3 Å². The van der Waals surface area contributed by atoms with Crippen molar-refractivity contribution in [1.82, 2.24) is 0 Å². The van der Waals surface area contributed by atoms with E-state index in [-0.39, 0.29) is 17.1 Å². The van der Waals surface area contributed by atoms with Gasteiger partial charge in [0, 0.05) is 36.3 Å². The molecule has 8 atom stereocenters.